The summed E-state index contributed by atoms with van der Waals surface area (Å²) in [5.74, 6) is 0.101. The largest absolute Gasteiger partial charge is 0.355 e. The quantitative estimate of drug-likeness (QED) is 0.698. The average Bonchev–Trinajstić information content (AvgIpc) is 2.35. The van der Waals surface area contributed by atoms with Crippen molar-refractivity contribution in [1.82, 2.24) is 15.5 Å². The molecular weight excluding hydrogens is 226 g/mol. The molecule has 18 heavy (non-hydrogen) atoms. The van der Waals surface area contributed by atoms with Gasteiger partial charge in [-0.05, 0) is 46.7 Å². The normalized spacial score (nSPS) is 17.5. The average molecular weight is 253 g/mol. The number of hydrogen-bond acceptors (Lipinski definition) is 3. The topological polar surface area (TPSA) is 44.4 Å². The molecule has 1 amide bonds. The van der Waals surface area contributed by atoms with Crippen LogP contribution in [0.25, 0.3) is 0 Å². The van der Waals surface area contributed by atoms with E-state index in [-0.39, 0.29) is 5.91 Å². The van der Waals surface area contributed by atoms with Gasteiger partial charge in [0.25, 0.3) is 0 Å². The highest BCUT2D eigenvalue weighted by Crippen LogP contribution is 2.10. The van der Waals surface area contributed by atoms with Gasteiger partial charge in [-0.2, -0.15) is 0 Å². The molecule has 104 valence electrons. The first-order valence-electron chi connectivity index (χ1n) is 6.97. The maximum Gasteiger partial charge on any atom is 0.233 e. The number of allylic oxidation sites excluding steroid dienone is 1. The third-order valence-electron chi connectivity index (χ3n) is 3.27. The Balaban J connectivity index is 2.15. The summed E-state index contributed by atoms with van der Waals surface area (Å²) in [7, 11) is 0. The third-order valence-corrected chi connectivity index (χ3v) is 3.27. The molecule has 2 N–H and O–H groups in total. The SMILES string of the molecule is CCNC(=O)CNC1CCN(CC=C(C)C)CC1. The van der Waals surface area contributed by atoms with Gasteiger partial charge >= 0.3 is 0 Å². The van der Waals surface area contributed by atoms with E-state index in [1.54, 1.807) is 0 Å². The molecule has 0 radical (unpaired) electrons. The molecular formula is C14H27N3O. The predicted octanol–water partition coefficient (Wildman–Crippen LogP) is 1.14. The molecule has 1 saturated heterocycles. The number of nitrogens with zero attached hydrogens (tertiary/aromatic N) is 1. The van der Waals surface area contributed by atoms with Crippen molar-refractivity contribution in [3.63, 3.8) is 0 Å². The zero-order chi connectivity index (χ0) is 13.4. The molecule has 0 unspecified atom stereocenters. The molecule has 0 aliphatic carbocycles. The fourth-order valence-corrected chi connectivity index (χ4v) is 2.13. The second-order valence-corrected chi connectivity index (χ2v) is 5.19. The second kappa shape index (κ2) is 8.27. The Hall–Kier alpha value is -0.870. The van der Waals surface area contributed by atoms with E-state index in [4.69, 9.17) is 0 Å². The molecule has 0 saturated carbocycles. The molecule has 0 spiro atoms. The lowest BCUT2D eigenvalue weighted by Crippen LogP contribution is -2.45. The van der Waals surface area contributed by atoms with Gasteiger partial charge in [0.15, 0.2) is 0 Å². The molecule has 0 aromatic rings. The fraction of sp³-hybridized carbons (Fsp3) is 0.786. The van der Waals surface area contributed by atoms with Gasteiger partial charge in [0.05, 0.1) is 6.54 Å². The lowest BCUT2D eigenvalue weighted by atomic mass is 10.0. The number of nitrogens with one attached hydrogen (secondary N) is 2. The molecule has 0 aromatic carbocycles. The highest BCUT2D eigenvalue weighted by atomic mass is 16.1. The molecule has 0 atom stereocenters. The Morgan fingerprint density at radius 2 is 2.00 bits per heavy atom. The van der Waals surface area contributed by atoms with Gasteiger partial charge in [-0.1, -0.05) is 11.6 Å². The molecule has 1 aliphatic rings. The lowest BCUT2D eigenvalue weighted by molar-refractivity contribution is -0.120. The number of rotatable bonds is 6. The Labute approximate surface area is 111 Å². The van der Waals surface area contributed by atoms with E-state index in [0.717, 1.165) is 32.5 Å². The van der Waals surface area contributed by atoms with E-state index in [0.29, 0.717) is 19.1 Å². The van der Waals surface area contributed by atoms with Gasteiger partial charge in [-0.3, -0.25) is 9.69 Å². The van der Waals surface area contributed by atoms with Crippen LogP contribution >= 0.6 is 0 Å². The minimum Gasteiger partial charge on any atom is -0.355 e. The van der Waals surface area contributed by atoms with Gasteiger partial charge in [-0.15, -0.1) is 0 Å². The molecule has 4 nitrogen and oxygen atoms in total. The van der Waals surface area contributed by atoms with Crippen molar-refractivity contribution in [2.24, 2.45) is 0 Å². The number of likely N-dealkylation sites (tertiary alicyclic amines) is 1. The number of carbonyl (C=O) groups is 1. The maximum absolute atomic E-state index is 11.3. The molecule has 1 rings (SSSR count). The first kappa shape index (κ1) is 15.2. The first-order valence-corrected chi connectivity index (χ1v) is 6.97. The Morgan fingerprint density at radius 3 is 2.56 bits per heavy atom. The zero-order valence-electron chi connectivity index (χ0n) is 12.0. The summed E-state index contributed by atoms with van der Waals surface area (Å²) in [6.45, 7) is 10.7. The first-order chi connectivity index (χ1) is 8.61. The summed E-state index contributed by atoms with van der Waals surface area (Å²) >= 11 is 0. The van der Waals surface area contributed by atoms with Crippen LogP contribution in [0.2, 0.25) is 0 Å². The zero-order valence-corrected chi connectivity index (χ0v) is 12.0. The molecule has 1 heterocycles. The monoisotopic (exact) mass is 253 g/mol. The van der Waals surface area contributed by atoms with E-state index in [9.17, 15) is 4.79 Å². The number of likely N-dealkylation sites (N-methyl/N-ethyl adjacent to an activating group) is 1. The highest BCUT2D eigenvalue weighted by molar-refractivity contribution is 5.77. The second-order valence-electron chi connectivity index (χ2n) is 5.19. The fourth-order valence-electron chi connectivity index (χ4n) is 2.13. The number of amides is 1. The summed E-state index contributed by atoms with van der Waals surface area (Å²) in [6.07, 6.45) is 4.55. The van der Waals surface area contributed by atoms with Crippen LogP contribution < -0.4 is 10.6 Å². The van der Waals surface area contributed by atoms with Crippen molar-refractivity contribution in [1.29, 1.82) is 0 Å². The van der Waals surface area contributed by atoms with E-state index in [1.807, 2.05) is 6.92 Å². The van der Waals surface area contributed by atoms with Crippen molar-refractivity contribution in [3.05, 3.63) is 11.6 Å². The molecule has 1 fully saturated rings. The molecule has 1 aliphatic heterocycles. The van der Waals surface area contributed by atoms with Crippen molar-refractivity contribution in [2.45, 2.75) is 39.7 Å². The summed E-state index contributed by atoms with van der Waals surface area (Å²) in [6, 6.07) is 0.496. The molecule has 4 heteroatoms. The van der Waals surface area contributed by atoms with Crippen LogP contribution in [0.3, 0.4) is 0 Å². The van der Waals surface area contributed by atoms with E-state index < -0.39 is 0 Å². The van der Waals surface area contributed by atoms with E-state index >= 15 is 0 Å². The van der Waals surface area contributed by atoms with Crippen LogP contribution in [0.4, 0.5) is 0 Å². The van der Waals surface area contributed by atoms with Crippen LogP contribution in [0.15, 0.2) is 11.6 Å². The smallest absolute Gasteiger partial charge is 0.233 e. The predicted molar refractivity (Wildman–Crippen MR) is 75.6 cm³/mol. The van der Waals surface area contributed by atoms with Gasteiger partial charge in [0.1, 0.15) is 0 Å². The van der Waals surface area contributed by atoms with Crippen LogP contribution in [0.1, 0.15) is 33.6 Å². The minimum absolute atomic E-state index is 0.101. The number of hydrogen-bond donors (Lipinski definition) is 2. The van der Waals surface area contributed by atoms with Gasteiger partial charge in [0, 0.05) is 19.1 Å². The maximum atomic E-state index is 11.3. The Bertz CT molecular complexity index is 277. The molecule has 0 bridgehead atoms. The summed E-state index contributed by atoms with van der Waals surface area (Å²) in [4.78, 5) is 13.8. The Kier molecular flexibility index (Phi) is 6.98. The lowest BCUT2D eigenvalue weighted by Gasteiger charge is -2.31. The van der Waals surface area contributed by atoms with Crippen LogP contribution in [-0.2, 0) is 4.79 Å². The number of carbonyl (C=O) groups excluding carboxylic acids is 1. The van der Waals surface area contributed by atoms with Crippen molar-refractivity contribution in [3.8, 4) is 0 Å². The van der Waals surface area contributed by atoms with E-state index in [2.05, 4.69) is 35.5 Å². The minimum atomic E-state index is 0.101. The standard InChI is InChI=1S/C14H27N3O/c1-4-15-14(18)11-16-13-6-9-17(10-7-13)8-5-12(2)3/h5,13,16H,4,6-11H2,1-3H3,(H,15,18). The summed E-state index contributed by atoms with van der Waals surface area (Å²) in [5, 5.41) is 6.14. The van der Waals surface area contributed by atoms with Crippen molar-refractivity contribution in [2.75, 3.05) is 32.7 Å². The van der Waals surface area contributed by atoms with Crippen LogP contribution in [0, 0.1) is 0 Å². The third kappa shape index (κ3) is 6.17. The summed E-state index contributed by atoms with van der Waals surface area (Å²) in [5.41, 5.74) is 1.38. The van der Waals surface area contributed by atoms with Crippen molar-refractivity contribution >= 4 is 5.91 Å². The van der Waals surface area contributed by atoms with Gasteiger partial charge < -0.3 is 10.6 Å². The van der Waals surface area contributed by atoms with Crippen LogP contribution in [0.5, 0.6) is 0 Å². The summed E-state index contributed by atoms with van der Waals surface area (Å²) < 4.78 is 0. The highest BCUT2D eigenvalue weighted by Gasteiger charge is 2.18. The molecule has 0 aromatic heterocycles. The van der Waals surface area contributed by atoms with Crippen molar-refractivity contribution < 1.29 is 4.79 Å². The Morgan fingerprint density at radius 1 is 1.33 bits per heavy atom. The van der Waals surface area contributed by atoms with Crippen LogP contribution in [-0.4, -0.2) is 49.6 Å². The number of piperidine rings is 1. The van der Waals surface area contributed by atoms with Gasteiger partial charge in [-0.25, -0.2) is 0 Å². The van der Waals surface area contributed by atoms with Gasteiger partial charge in [0.2, 0.25) is 5.91 Å². The van der Waals surface area contributed by atoms with E-state index in [1.165, 1.54) is 5.57 Å².